The molecule has 0 aliphatic carbocycles. The number of nitrogens with one attached hydrogen (secondary N) is 2. The summed E-state index contributed by atoms with van der Waals surface area (Å²) in [4.78, 5) is 35.0. The van der Waals surface area contributed by atoms with Crippen molar-refractivity contribution in [3.63, 3.8) is 0 Å². The third-order valence-corrected chi connectivity index (χ3v) is 5.72. The van der Waals surface area contributed by atoms with Gasteiger partial charge in [-0.05, 0) is 31.4 Å². The van der Waals surface area contributed by atoms with Crippen molar-refractivity contribution >= 4 is 17.8 Å². The summed E-state index contributed by atoms with van der Waals surface area (Å²) >= 11 is 0. The molecule has 1 aromatic carbocycles. The van der Waals surface area contributed by atoms with Crippen molar-refractivity contribution in [3.8, 4) is 0 Å². The van der Waals surface area contributed by atoms with E-state index in [0.717, 1.165) is 44.0 Å². The largest absolute Gasteiger partial charge is 0.377 e. The van der Waals surface area contributed by atoms with Crippen LogP contribution in [-0.4, -0.2) is 70.7 Å². The number of hydrogen-bond donors (Lipinski definition) is 2. The normalized spacial score (nSPS) is 18.0. The summed E-state index contributed by atoms with van der Waals surface area (Å²) < 4.78 is 7.05. The molecule has 4 rings (SSSR count). The Morgan fingerprint density at radius 1 is 1.22 bits per heavy atom. The van der Waals surface area contributed by atoms with Crippen LogP contribution in [0.15, 0.2) is 29.3 Å². The fraction of sp³-hybridized carbons (Fsp3) is 0.500. The number of guanidine groups is 1. The zero-order chi connectivity index (χ0) is 22.5. The first-order valence-corrected chi connectivity index (χ1v) is 10.9. The Morgan fingerprint density at radius 2 is 1.97 bits per heavy atom. The maximum absolute atomic E-state index is 12.4. The molecule has 2 N–H and O–H groups in total. The molecule has 0 saturated carbocycles. The highest BCUT2D eigenvalue weighted by atomic mass is 16.5. The van der Waals surface area contributed by atoms with Gasteiger partial charge < -0.3 is 15.4 Å². The predicted molar refractivity (Wildman–Crippen MR) is 118 cm³/mol. The number of fused-ring (bicyclic) bond motifs is 2. The standard InChI is InChI=1S/C22H29N7O3/c1-23-22(25-15-9-10-19-26-18(14-32-2)27-29(19)13-15)24-11-5-6-12-28-20(30)16-7-3-4-8-17(16)21(28)31/h3-4,7-8,15H,5-6,9-14H2,1-2H3,(H2,23,24,25). The Morgan fingerprint density at radius 3 is 2.66 bits per heavy atom. The van der Waals surface area contributed by atoms with Crippen molar-refractivity contribution in [3.05, 3.63) is 47.0 Å². The second-order valence-corrected chi connectivity index (χ2v) is 7.95. The molecule has 2 aliphatic rings. The number of amides is 2. The number of imide groups is 1. The third kappa shape index (κ3) is 4.64. The number of methoxy groups -OCH3 is 1. The first-order valence-electron chi connectivity index (χ1n) is 10.9. The van der Waals surface area contributed by atoms with Gasteiger partial charge in [-0.25, -0.2) is 9.67 Å². The number of unbranched alkanes of at least 4 members (excludes halogenated alkanes) is 1. The summed E-state index contributed by atoms with van der Waals surface area (Å²) in [7, 11) is 3.38. The zero-order valence-electron chi connectivity index (χ0n) is 18.5. The van der Waals surface area contributed by atoms with Crippen LogP contribution in [0, 0.1) is 0 Å². The van der Waals surface area contributed by atoms with Crippen LogP contribution >= 0.6 is 0 Å². The van der Waals surface area contributed by atoms with Crippen LogP contribution in [0.1, 0.15) is 51.6 Å². The number of aryl methyl sites for hydroxylation is 1. The second-order valence-electron chi connectivity index (χ2n) is 7.95. The van der Waals surface area contributed by atoms with Gasteiger partial charge in [-0.3, -0.25) is 19.5 Å². The minimum atomic E-state index is -0.200. The van der Waals surface area contributed by atoms with E-state index in [0.29, 0.717) is 36.6 Å². The molecule has 3 heterocycles. The summed E-state index contributed by atoms with van der Waals surface area (Å²) in [5.41, 5.74) is 0.996. The molecular formula is C22H29N7O3. The van der Waals surface area contributed by atoms with Gasteiger partial charge in [0.05, 0.1) is 17.7 Å². The Hall–Kier alpha value is -3.27. The number of carbonyl (C=O) groups excluding carboxylic acids is 2. The van der Waals surface area contributed by atoms with E-state index in [2.05, 4.69) is 25.7 Å². The van der Waals surface area contributed by atoms with Gasteiger partial charge in [0.1, 0.15) is 12.4 Å². The van der Waals surface area contributed by atoms with Gasteiger partial charge in [-0.15, -0.1) is 0 Å². The van der Waals surface area contributed by atoms with Gasteiger partial charge in [-0.2, -0.15) is 5.10 Å². The Bertz CT molecular complexity index is 982. The van der Waals surface area contributed by atoms with Crippen LogP contribution in [0.25, 0.3) is 0 Å². The molecule has 170 valence electrons. The lowest BCUT2D eigenvalue weighted by Gasteiger charge is -2.25. The monoisotopic (exact) mass is 439 g/mol. The van der Waals surface area contributed by atoms with E-state index in [4.69, 9.17) is 4.74 Å². The molecule has 0 saturated heterocycles. The summed E-state index contributed by atoms with van der Waals surface area (Å²) in [5, 5.41) is 11.3. The molecule has 0 spiro atoms. The Balaban J connectivity index is 1.19. The number of carbonyl (C=O) groups is 2. The lowest BCUT2D eigenvalue weighted by Crippen LogP contribution is -2.47. The number of nitrogens with zero attached hydrogens (tertiary/aromatic N) is 5. The highest BCUT2D eigenvalue weighted by Gasteiger charge is 2.34. The van der Waals surface area contributed by atoms with Gasteiger partial charge in [0, 0.05) is 39.7 Å². The van der Waals surface area contributed by atoms with Crippen LogP contribution in [0.2, 0.25) is 0 Å². The van der Waals surface area contributed by atoms with E-state index in [9.17, 15) is 9.59 Å². The molecule has 2 amide bonds. The second kappa shape index (κ2) is 9.90. The Labute approximate surface area is 187 Å². The SMILES string of the molecule is CN=C(NCCCCN1C(=O)c2ccccc2C1=O)NC1CCc2nc(COC)nn2C1. The predicted octanol–water partition coefficient (Wildman–Crippen LogP) is 0.981. The number of ether oxygens (including phenoxy) is 1. The minimum Gasteiger partial charge on any atom is -0.377 e. The first-order chi connectivity index (χ1) is 15.6. The fourth-order valence-corrected chi connectivity index (χ4v) is 4.10. The van der Waals surface area contributed by atoms with E-state index in [-0.39, 0.29) is 17.9 Å². The van der Waals surface area contributed by atoms with Crippen LogP contribution < -0.4 is 10.6 Å². The highest BCUT2D eigenvalue weighted by molar-refractivity contribution is 6.21. The molecule has 2 aliphatic heterocycles. The molecule has 32 heavy (non-hydrogen) atoms. The number of benzene rings is 1. The van der Waals surface area contributed by atoms with Gasteiger partial charge in [-0.1, -0.05) is 12.1 Å². The average Bonchev–Trinajstić information content (AvgIpc) is 3.31. The van der Waals surface area contributed by atoms with Crippen molar-refractivity contribution in [2.24, 2.45) is 4.99 Å². The van der Waals surface area contributed by atoms with Crippen molar-refractivity contribution in [1.29, 1.82) is 0 Å². The molecule has 2 aromatic rings. The number of aromatic nitrogens is 3. The molecule has 0 radical (unpaired) electrons. The van der Waals surface area contributed by atoms with E-state index in [1.807, 2.05) is 4.68 Å². The summed E-state index contributed by atoms with van der Waals surface area (Å²) in [6, 6.07) is 7.19. The summed E-state index contributed by atoms with van der Waals surface area (Å²) in [6.45, 7) is 2.26. The van der Waals surface area contributed by atoms with Gasteiger partial charge in [0.25, 0.3) is 11.8 Å². The molecule has 0 fully saturated rings. The van der Waals surface area contributed by atoms with Crippen molar-refractivity contribution in [1.82, 2.24) is 30.3 Å². The van der Waals surface area contributed by atoms with E-state index >= 15 is 0 Å². The quantitative estimate of drug-likeness (QED) is 0.273. The molecule has 1 unspecified atom stereocenters. The first kappa shape index (κ1) is 21.9. The van der Waals surface area contributed by atoms with Crippen molar-refractivity contribution in [2.75, 3.05) is 27.2 Å². The summed E-state index contributed by atoms with van der Waals surface area (Å²) in [6.07, 6.45) is 3.34. The molecule has 10 nitrogen and oxygen atoms in total. The van der Waals surface area contributed by atoms with Gasteiger partial charge in [0.2, 0.25) is 0 Å². The molecular weight excluding hydrogens is 410 g/mol. The van der Waals surface area contributed by atoms with E-state index in [1.54, 1.807) is 38.4 Å². The Kier molecular flexibility index (Phi) is 6.79. The minimum absolute atomic E-state index is 0.200. The van der Waals surface area contributed by atoms with Crippen LogP contribution in [-0.2, 0) is 24.3 Å². The van der Waals surface area contributed by atoms with Crippen LogP contribution in [0.4, 0.5) is 0 Å². The molecule has 1 aromatic heterocycles. The van der Waals surface area contributed by atoms with Crippen molar-refractivity contribution < 1.29 is 14.3 Å². The number of aliphatic imine (C=N–C) groups is 1. The average molecular weight is 440 g/mol. The van der Waals surface area contributed by atoms with Crippen LogP contribution in [0.5, 0.6) is 0 Å². The lowest BCUT2D eigenvalue weighted by atomic mass is 10.1. The fourth-order valence-electron chi connectivity index (χ4n) is 4.10. The highest BCUT2D eigenvalue weighted by Crippen LogP contribution is 2.22. The van der Waals surface area contributed by atoms with E-state index < -0.39 is 0 Å². The van der Waals surface area contributed by atoms with Gasteiger partial charge >= 0.3 is 0 Å². The topological polar surface area (TPSA) is 114 Å². The zero-order valence-corrected chi connectivity index (χ0v) is 18.5. The number of rotatable bonds is 8. The lowest BCUT2D eigenvalue weighted by molar-refractivity contribution is 0.0652. The van der Waals surface area contributed by atoms with Gasteiger partial charge in [0.15, 0.2) is 11.8 Å². The smallest absolute Gasteiger partial charge is 0.261 e. The molecule has 1 atom stereocenters. The third-order valence-electron chi connectivity index (χ3n) is 5.72. The number of hydrogen-bond acceptors (Lipinski definition) is 6. The summed E-state index contributed by atoms with van der Waals surface area (Å²) in [5.74, 6) is 2.04. The molecule has 10 heteroatoms. The van der Waals surface area contributed by atoms with Crippen LogP contribution in [0.3, 0.4) is 0 Å². The van der Waals surface area contributed by atoms with Crippen molar-refractivity contribution in [2.45, 2.75) is 44.9 Å². The maximum atomic E-state index is 12.4. The maximum Gasteiger partial charge on any atom is 0.261 e. The van der Waals surface area contributed by atoms with E-state index in [1.165, 1.54) is 4.90 Å². The molecule has 0 bridgehead atoms.